The Morgan fingerprint density at radius 2 is 2.04 bits per heavy atom. The van der Waals surface area contributed by atoms with Gasteiger partial charge in [-0.1, -0.05) is 6.07 Å². The van der Waals surface area contributed by atoms with Gasteiger partial charge in [-0.2, -0.15) is 8.78 Å². The number of nitrogens with two attached hydrogens (primary N) is 1. The van der Waals surface area contributed by atoms with E-state index in [0.717, 1.165) is 0 Å². The van der Waals surface area contributed by atoms with Gasteiger partial charge in [-0.3, -0.25) is 4.79 Å². The first-order chi connectivity index (χ1) is 11.2. The fraction of sp³-hybridized carbons (Fsp3) is 0.143. The van der Waals surface area contributed by atoms with Gasteiger partial charge in [-0.15, -0.1) is 0 Å². The lowest BCUT2D eigenvalue weighted by molar-refractivity contribution is 0.102. The molecule has 0 unspecified atom stereocenters. The van der Waals surface area contributed by atoms with Crippen molar-refractivity contribution >= 4 is 33.4 Å². The molecule has 1 amide bonds. The predicted octanol–water partition coefficient (Wildman–Crippen LogP) is 2.60. The first-order valence-corrected chi connectivity index (χ1v) is 8.95. The number of benzene rings is 1. The number of carbonyl (C=O) groups excluding carboxylic acids is 1. The van der Waals surface area contributed by atoms with Gasteiger partial charge in [0.25, 0.3) is 11.7 Å². The number of pyridine rings is 1. The molecule has 10 heteroatoms. The number of anilines is 1. The zero-order valence-corrected chi connectivity index (χ0v) is 14.0. The molecule has 128 valence electrons. The zero-order chi connectivity index (χ0) is 17.9. The van der Waals surface area contributed by atoms with E-state index in [0.29, 0.717) is 5.56 Å². The Morgan fingerprint density at radius 3 is 2.67 bits per heavy atom. The van der Waals surface area contributed by atoms with Gasteiger partial charge in [0, 0.05) is 11.9 Å². The van der Waals surface area contributed by atoms with Crippen LogP contribution >= 0.6 is 11.8 Å². The molecule has 0 fully saturated rings. The fourth-order valence-corrected chi connectivity index (χ4v) is 3.31. The number of hydrogen-bond acceptors (Lipinski definition) is 5. The van der Waals surface area contributed by atoms with Crippen LogP contribution in [0.15, 0.2) is 46.5 Å². The third kappa shape index (κ3) is 4.49. The van der Waals surface area contributed by atoms with Crippen LogP contribution in [0.1, 0.15) is 15.9 Å². The van der Waals surface area contributed by atoms with Crippen LogP contribution in [-0.2, 0) is 10.0 Å². The number of primary sulfonamides is 1. The standard InChI is InChI=1S/C14H13F2N3O3S2/c1-8-4-5-9(7-11(8)24(17,21)22)19-12(20)10-3-2-6-18-13(10)23-14(15)16/h2-7,14H,1H3,(H,19,20)(H2,17,21,22). The second-order valence-corrected chi connectivity index (χ2v) is 7.22. The molecule has 2 aromatic rings. The van der Waals surface area contributed by atoms with Crippen LogP contribution < -0.4 is 10.5 Å². The molecular formula is C14H13F2N3O3S2. The summed E-state index contributed by atoms with van der Waals surface area (Å²) in [6.07, 6.45) is 1.30. The Balaban J connectivity index is 2.31. The third-order valence-electron chi connectivity index (χ3n) is 2.97. The molecule has 1 heterocycles. The highest BCUT2D eigenvalue weighted by Crippen LogP contribution is 2.27. The van der Waals surface area contributed by atoms with E-state index in [-0.39, 0.29) is 32.9 Å². The quantitative estimate of drug-likeness (QED) is 0.785. The molecule has 0 aliphatic carbocycles. The Labute approximate surface area is 141 Å². The molecule has 0 atom stereocenters. The second-order valence-electron chi connectivity index (χ2n) is 4.71. The average Bonchev–Trinajstić information content (AvgIpc) is 2.48. The molecule has 0 spiro atoms. The van der Waals surface area contributed by atoms with Gasteiger partial charge in [-0.05, 0) is 48.5 Å². The molecule has 2 rings (SSSR count). The summed E-state index contributed by atoms with van der Waals surface area (Å²) in [5.41, 5.74) is 0.554. The van der Waals surface area contributed by atoms with Crippen LogP contribution in [0, 0.1) is 6.92 Å². The van der Waals surface area contributed by atoms with E-state index < -0.39 is 21.7 Å². The number of nitrogens with zero attached hydrogens (tertiary/aromatic N) is 1. The van der Waals surface area contributed by atoms with Crippen molar-refractivity contribution in [3.63, 3.8) is 0 Å². The highest BCUT2D eigenvalue weighted by Gasteiger charge is 2.18. The van der Waals surface area contributed by atoms with Crippen molar-refractivity contribution in [2.24, 2.45) is 5.14 Å². The lowest BCUT2D eigenvalue weighted by Gasteiger charge is -2.10. The van der Waals surface area contributed by atoms with Gasteiger partial charge in [0.1, 0.15) is 5.03 Å². The molecule has 0 bridgehead atoms. The number of nitrogens with one attached hydrogen (secondary N) is 1. The number of sulfonamides is 1. The summed E-state index contributed by atoms with van der Waals surface area (Å²) in [4.78, 5) is 15.9. The topological polar surface area (TPSA) is 102 Å². The minimum absolute atomic E-state index is 0.0412. The fourth-order valence-electron chi connectivity index (χ4n) is 1.92. The maximum Gasteiger partial charge on any atom is 0.290 e. The summed E-state index contributed by atoms with van der Waals surface area (Å²) in [5, 5.41) is 7.44. The summed E-state index contributed by atoms with van der Waals surface area (Å²) in [7, 11) is -3.95. The molecule has 1 aromatic carbocycles. The van der Waals surface area contributed by atoms with Crippen molar-refractivity contribution in [3.8, 4) is 0 Å². The van der Waals surface area contributed by atoms with Gasteiger partial charge in [0.15, 0.2) is 0 Å². The van der Waals surface area contributed by atoms with Crippen LogP contribution in [0.3, 0.4) is 0 Å². The third-order valence-corrected chi connectivity index (χ3v) is 4.75. The smallest absolute Gasteiger partial charge is 0.290 e. The summed E-state index contributed by atoms with van der Waals surface area (Å²) in [5.74, 6) is -3.41. The van der Waals surface area contributed by atoms with Crippen molar-refractivity contribution in [1.29, 1.82) is 0 Å². The summed E-state index contributed by atoms with van der Waals surface area (Å²) in [6, 6.07) is 6.96. The van der Waals surface area contributed by atoms with Gasteiger partial charge >= 0.3 is 0 Å². The molecule has 1 aromatic heterocycles. The van der Waals surface area contributed by atoms with Crippen LogP contribution in [0.5, 0.6) is 0 Å². The first kappa shape index (κ1) is 18.3. The van der Waals surface area contributed by atoms with E-state index in [1.54, 1.807) is 6.92 Å². The maximum atomic E-state index is 12.5. The molecule has 24 heavy (non-hydrogen) atoms. The summed E-state index contributed by atoms with van der Waals surface area (Å²) >= 11 is 0.153. The number of carbonyl (C=O) groups is 1. The molecule has 6 nitrogen and oxygen atoms in total. The number of aryl methyl sites for hydroxylation is 1. The van der Waals surface area contributed by atoms with Crippen LogP contribution in [0.25, 0.3) is 0 Å². The van der Waals surface area contributed by atoms with Gasteiger partial charge < -0.3 is 5.32 Å². The number of thioether (sulfide) groups is 1. The van der Waals surface area contributed by atoms with Gasteiger partial charge in [0.2, 0.25) is 10.0 Å². The molecule has 0 saturated heterocycles. The van der Waals surface area contributed by atoms with E-state index in [1.165, 1.54) is 36.5 Å². The number of aromatic nitrogens is 1. The predicted molar refractivity (Wildman–Crippen MR) is 86.6 cm³/mol. The second kappa shape index (κ2) is 7.24. The highest BCUT2D eigenvalue weighted by atomic mass is 32.2. The van der Waals surface area contributed by atoms with E-state index >= 15 is 0 Å². The first-order valence-electron chi connectivity index (χ1n) is 6.53. The lowest BCUT2D eigenvalue weighted by Crippen LogP contribution is -2.16. The Kier molecular flexibility index (Phi) is 5.52. The number of hydrogen-bond donors (Lipinski definition) is 2. The van der Waals surface area contributed by atoms with Crippen LogP contribution in [0.2, 0.25) is 0 Å². The Bertz CT molecular complexity index is 873. The van der Waals surface area contributed by atoms with Crippen molar-refractivity contribution in [2.75, 3.05) is 5.32 Å². The molecule has 0 aliphatic rings. The number of alkyl halides is 2. The van der Waals surface area contributed by atoms with Crippen LogP contribution in [-0.4, -0.2) is 25.1 Å². The maximum absolute atomic E-state index is 12.5. The molecule has 0 radical (unpaired) electrons. The van der Waals surface area contributed by atoms with Gasteiger partial charge in [-0.25, -0.2) is 18.5 Å². The van der Waals surface area contributed by atoms with Crippen molar-refractivity contribution in [1.82, 2.24) is 4.98 Å². The summed E-state index contributed by atoms with van der Waals surface area (Å²) in [6.45, 7) is 1.56. The van der Waals surface area contributed by atoms with Crippen molar-refractivity contribution < 1.29 is 22.0 Å². The normalized spacial score (nSPS) is 11.5. The molecule has 3 N–H and O–H groups in total. The SMILES string of the molecule is Cc1ccc(NC(=O)c2cccnc2SC(F)F)cc1S(N)(=O)=O. The molecular weight excluding hydrogens is 360 g/mol. The number of halogens is 2. The molecule has 0 aliphatic heterocycles. The van der Waals surface area contributed by atoms with Crippen molar-refractivity contribution in [3.05, 3.63) is 47.7 Å². The minimum Gasteiger partial charge on any atom is -0.322 e. The van der Waals surface area contributed by atoms with E-state index in [1.807, 2.05) is 0 Å². The van der Waals surface area contributed by atoms with E-state index in [2.05, 4.69) is 10.3 Å². The largest absolute Gasteiger partial charge is 0.322 e. The van der Waals surface area contributed by atoms with Gasteiger partial charge in [0.05, 0.1) is 10.5 Å². The monoisotopic (exact) mass is 373 g/mol. The average molecular weight is 373 g/mol. The Morgan fingerprint density at radius 1 is 1.33 bits per heavy atom. The number of rotatable bonds is 5. The summed E-state index contributed by atoms with van der Waals surface area (Å²) < 4.78 is 48.1. The van der Waals surface area contributed by atoms with E-state index in [9.17, 15) is 22.0 Å². The van der Waals surface area contributed by atoms with Crippen LogP contribution in [0.4, 0.5) is 14.5 Å². The molecule has 0 saturated carbocycles. The zero-order valence-electron chi connectivity index (χ0n) is 12.4. The minimum atomic E-state index is -3.95. The lowest BCUT2D eigenvalue weighted by atomic mass is 10.2. The Hall–Kier alpha value is -2.04. The highest BCUT2D eigenvalue weighted by molar-refractivity contribution is 7.99. The number of amides is 1. The van der Waals surface area contributed by atoms with E-state index in [4.69, 9.17) is 5.14 Å². The van der Waals surface area contributed by atoms with Crippen molar-refractivity contribution in [2.45, 2.75) is 22.6 Å².